The monoisotopic (exact) mass is 482 g/mol. The molecule has 1 saturated heterocycles. The number of hydrogen-bond donors (Lipinski definition) is 2. The fraction of sp³-hybridized carbons (Fsp3) is 0.304. The van der Waals surface area contributed by atoms with Crippen molar-refractivity contribution in [3.8, 4) is 11.4 Å². The van der Waals surface area contributed by atoms with Crippen LogP contribution in [0.3, 0.4) is 0 Å². The molecule has 2 N–H and O–H groups in total. The largest absolute Gasteiger partial charge is 0.378 e. The number of ether oxygens (including phenoxy) is 1. The molecule has 1 aromatic heterocycles. The highest BCUT2D eigenvalue weighted by atomic mass is 32.2. The Morgan fingerprint density at radius 3 is 2.12 bits per heavy atom. The Balaban J connectivity index is 1.52. The normalized spacial score (nSPS) is 14.0. The van der Waals surface area contributed by atoms with Crippen molar-refractivity contribution >= 4 is 33.2 Å². The highest BCUT2D eigenvalue weighted by Crippen LogP contribution is 2.22. The van der Waals surface area contributed by atoms with Crippen LogP contribution in [0.2, 0.25) is 0 Å². The van der Waals surface area contributed by atoms with Gasteiger partial charge in [-0.15, -0.1) is 0 Å². The number of amides is 2. The van der Waals surface area contributed by atoms with Gasteiger partial charge in [0.1, 0.15) is 11.6 Å². The molecule has 178 valence electrons. The Morgan fingerprint density at radius 2 is 1.53 bits per heavy atom. The fourth-order valence-corrected chi connectivity index (χ4v) is 3.97. The minimum atomic E-state index is -3.32. The standard InChI is InChI=1S/C23H26N6O4S/c1-16-3-7-18(8-4-16)24-23(30)25-19-9-5-17(6-10-19)21-26-20(15-34(2,31)32)27-22(28-21)29-11-13-33-14-12-29/h3-10H,11-15H2,1-2H3,(H2,24,25,30). The molecule has 4 rings (SSSR count). The van der Waals surface area contributed by atoms with Gasteiger partial charge in [0.05, 0.1) is 13.2 Å². The zero-order chi connectivity index (χ0) is 24.1. The number of hydrogen-bond acceptors (Lipinski definition) is 8. The third kappa shape index (κ3) is 6.49. The predicted octanol–water partition coefficient (Wildman–Crippen LogP) is 2.87. The molecule has 2 heterocycles. The third-order valence-electron chi connectivity index (χ3n) is 5.07. The minimum Gasteiger partial charge on any atom is -0.378 e. The van der Waals surface area contributed by atoms with Crippen molar-refractivity contribution in [2.24, 2.45) is 0 Å². The van der Waals surface area contributed by atoms with Crippen molar-refractivity contribution in [3.63, 3.8) is 0 Å². The van der Waals surface area contributed by atoms with E-state index in [4.69, 9.17) is 4.74 Å². The summed E-state index contributed by atoms with van der Waals surface area (Å²) < 4.78 is 29.1. The summed E-state index contributed by atoms with van der Waals surface area (Å²) in [5, 5.41) is 5.57. The molecule has 0 aliphatic carbocycles. The Hall–Kier alpha value is -3.57. The van der Waals surface area contributed by atoms with Crippen LogP contribution in [0.5, 0.6) is 0 Å². The molecule has 3 aromatic rings. The average molecular weight is 483 g/mol. The number of aromatic nitrogens is 3. The topological polar surface area (TPSA) is 126 Å². The van der Waals surface area contributed by atoms with E-state index >= 15 is 0 Å². The van der Waals surface area contributed by atoms with Crippen molar-refractivity contribution in [2.75, 3.05) is 48.1 Å². The number of nitrogens with one attached hydrogen (secondary N) is 2. The van der Waals surface area contributed by atoms with E-state index < -0.39 is 9.84 Å². The molecule has 34 heavy (non-hydrogen) atoms. The lowest BCUT2D eigenvalue weighted by molar-refractivity contribution is 0.122. The van der Waals surface area contributed by atoms with Gasteiger partial charge in [-0.1, -0.05) is 17.7 Å². The number of benzene rings is 2. The number of carbonyl (C=O) groups excluding carboxylic acids is 1. The Bertz CT molecular complexity index is 1260. The lowest BCUT2D eigenvalue weighted by Gasteiger charge is -2.27. The van der Waals surface area contributed by atoms with Gasteiger partial charge < -0.3 is 20.3 Å². The molecule has 1 fully saturated rings. The summed E-state index contributed by atoms with van der Waals surface area (Å²) in [7, 11) is -3.32. The van der Waals surface area contributed by atoms with Gasteiger partial charge in [0.25, 0.3) is 0 Å². The first-order valence-corrected chi connectivity index (χ1v) is 12.8. The van der Waals surface area contributed by atoms with Crippen LogP contribution < -0.4 is 15.5 Å². The number of anilines is 3. The maximum absolute atomic E-state index is 12.3. The zero-order valence-corrected chi connectivity index (χ0v) is 19.8. The summed E-state index contributed by atoms with van der Waals surface area (Å²) in [6, 6.07) is 14.1. The molecule has 1 aliphatic heterocycles. The molecule has 0 atom stereocenters. The molecule has 2 amide bonds. The number of carbonyl (C=O) groups is 1. The van der Waals surface area contributed by atoms with Gasteiger partial charge in [-0.05, 0) is 43.3 Å². The molecule has 0 radical (unpaired) electrons. The first-order chi connectivity index (χ1) is 16.2. The van der Waals surface area contributed by atoms with Crippen LogP contribution in [0.4, 0.5) is 22.1 Å². The molecule has 11 heteroatoms. The maximum Gasteiger partial charge on any atom is 0.323 e. The van der Waals surface area contributed by atoms with E-state index in [0.717, 1.165) is 11.8 Å². The van der Waals surface area contributed by atoms with Gasteiger partial charge >= 0.3 is 6.03 Å². The van der Waals surface area contributed by atoms with E-state index in [1.54, 1.807) is 24.3 Å². The second kappa shape index (κ2) is 10.1. The number of urea groups is 1. The Kier molecular flexibility index (Phi) is 7.03. The van der Waals surface area contributed by atoms with Gasteiger partial charge in [0, 0.05) is 36.3 Å². The minimum absolute atomic E-state index is 0.189. The maximum atomic E-state index is 12.3. The van der Waals surface area contributed by atoms with Gasteiger partial charge in [-0.25, -0.2) is 18.2 Å². The van der Waals surface area contributed by atoms with Gasteiger partial charge in [0.15, 0.2) is 15.7 Å². The van der Waals surface area contributed by atoms with Gasteiger partial charge in [-0.2, -0.15) is 9.97 Å². The van der Waals surface area contributed by atoms with Crippen molar-refractivity contribution < 1.29 is 17.9 Å². The molecular weight excluding hydrogens is 456 g/mol. The summed E-state index contributed by atoms with van der Waals surface area (Å²) in [6.45, 7) is 4.30. The van der Waals surface area contributed by atoms with Crippen molar-refractivity contribution in [2.45, 2.75) is 12.7 Å². The SMILES string of the molecule is Cc1ccc(NC(=O)Nc2ccc(-c3nc(CS(C)(=O)=O)nc(N4CCOCC4)n3)cc2)cc1. The smallest absolute Gasteiger partial charge is 0.323 e. The zero-order valence-electron chi connectivity index (χ0n) is 19.0. The first-order valence-electron chi connectivity index (χ1n) is 10.8. The molecule has 0 spiro atoms. The van der Waals surface area contributed by atoms with E-state index in [0.29, 0.717) is 55.0 Å². The lowest BCUT2D eigenvalue weighted by Crippen LogP contribution is -2.37. The van der Waals surface area contributed by atoms with E-state index in [1.807, 2.05) is 36.1 Å². The van der Waals surface area contributed by atoms with Crippen molar-refractivity contribution in [1.82, 2.24) is 15.0 Å². The first kappa shape index (κ1) is 23.6. The van der Waals surface area contributed by atoms with Crippen molar-refractivity contribution in [1.29, 1.82) is 0 Å². The number of nitrogens with zero attached hydrogens (tertiary/aromatic N) is 4. The van der Waals surface area contributed by atoms with Crippen molar-refractivity contribution in [3.05, 3.63) is 59.9 Å². The Labute approximate surface area is 198 Å². The highest BCUT2D eigenvalue weighted by Gasteiger charge is 2.19. The van der Waals surface area contributed by atoms with E-state index in [-0.39, 0.29) is 17.6 Å². The van der Waals surface area contributed by atoms with Crippen LogP contribution in [0.1, 0.15) is 11.4 Å². The quantitative estimate of drug-likeness (QED) is 0.549. The van der Waals surface area contributed by atoms with E-state index in [2.05, 4.69) is 25.6 Å². The van der Waals surface area contributed by atoms with Crippen LogP contribution in [-0.4, -0.2) is 62.0 Å². The summed E-state index contributed by atoms with van der Waals surface area (Å²) in [4.78, 5) is 27.6. The number of sulfone groups is 1. The predicted molar refractivity (Wildman–Crippen MR) is 131 cm³/mol. The van der Waals surface area contributed by atoms with Crippen LogP contribution >= 0.6 is 0 Å². The summed E-state index contributed by atoms with van der Waals surface area (Å²) in [5.74, 6) is 0.699. The van der Waals surface area contributed by atoms with Crippen LogP contribution in [0.25, 0.3) is 11.4 Å². The summed E-state index contributed by atoms with van der Waals surface area (Å²) in [6.07, 6.45) is 1.15. The van der Waals surface area contributed by atoms with Crippen LogP contribution in [0, 0.1) is 6.92 Å². The fourth-order valence-electron chi connectivity index (χ4n) is 3.37. The molecule has 0 unspecified atom stereocenters. The number of rotatable bonds is 6. The van der Waals surface area contributed by atoms with E-state index in [1.165, 1.54) is 0 Å². The summed E-state index contributed by atoms with van der Waals surface area (Å²) in [5.41, 5.74) is 3.07. The molecule has 2 aromatic carbocycles. The highest BCUT2D eigenvalue weighted by molar-refractivity contribution is 7.89. The Morgan fingerprint density at radius 1 is 0.941 bits per heavy atom. The lowest BCUT2D eigenvalue weighted by atomic mass is 10.2. The number of morpholine rings is 1. The molecule has 0 saturated carbocycles. The van der Waals surface area contributed by atoms with Gasteiger partial charge in [0.2, 0.25) is 5.95 Å². The van der Waals surface area contributed by atoms with Crippen LogP contribution in [0.15, 0.2) is 48.5 Å². The molecule has 1 aliphatic rings. The molecule has 0 bridgehead atoms. The third-order valence-corrected chi connectivity index (χ3v) is 5.85. The molecular formula is C23H26N6O4S. The number of aryl methyl sites for hydroxylation is 1. The van der Waals surface area contributed by atoms with E-state index in [9.17, 15) is 13.2 Å². The second-order valence-corrected chi connectivity index (χ2v) is 10.2. The second-order valence-electron chi connectivity index (χ2n) is 8.07. The van der Waals surface area contributed by atoms with Gasteiger partial charge in [-0.3, -0.25) is 0 Å². The molecule has 10 nitrogen and oxygen atoms in total. The average Bonchev–Trinajstić information content (AvgIpc) is 2.80. The summed E-state index contributed by atoms with van der Waals surface area (Å²) >= 11 is 0. The van der Waals surface area contributed by atoms with Crippen LogP contribution in [-0.2, 0) is 20.3 Å².